The van der Waals surface area contributed by atoms with Crippen LogP contribution in [0.2, 0.25) is 0 Å². The van der Waals surface area contributed by atoms with Crippen molar-refractivity contribution in [2.75, 3.05) is 5.32 Å². The molecule has 2 aromatic rings. The molecule has 1 unspecified atom stereocenters. The van der Waals surface area contributed by atoms with Gasteiger partial charge in [0.2, 0.25) is 0 Å². The summed E-state index contributed by atoms with van der Waals surface area (Å²) in [5.74, 6) is 1.39. The molecule has 1 saturated carbocycles. The number of carbonyl (C=O) groups is 1. The molecule has 2 aromatic heterocycles. The van der Waals surface area contributed by atoms with Crippen LogP contribution in [0.3, 0.4) is 0 Å². The number of nitrogens with zero attached hydrogens (tertiary/aromatic N) is 3. The first-order chi connectivity index (χ1) is 11.0. The van der Waals surface area contributed by atoms with Gasteiger partial charge in [0, 0.05) is 36.8 Å². The average molecular weight is 318 g/mol. The van der Waals surface area contributed by atoms with Gasteiger partial charge in [-0.1, -0.05) is 0 Å². The topological polar surface area (TPSA) is 125 Å². The van der Waals surface area contributed by atoms with Gasteiger partial charge in [-0.2, -0.15) is 10.2 Å². The Kier molecular flexibility index (Phi) is 4.00. The maximum Gasteiger partial charge on any atom is 0.404 e. The van der Waals surface area contributed by atoms with Gasteiger partial charge < -0.3 is 15.7 Å². The number of carboxylic acid groups (broad SMARTS) is 1. The first-order valence-electron chi connectivity index (χ1n) is 7.37. The summed E-state index contributed by atoms with van der Waals surface area (Å²) in [7, 11) is 1.58. The molecule has 1 aliphatic carbocycles. The predicted octanol–water partition coefficient (Wildman–Crippen LogP) is 1.15. The van der Waals surface area contributed by atoms with E-state index in [0.29, 0.717) is 11.6 Å². The van der Waals surface area contributed by atoms with E-state index in [1.54, 1.807) is 13.1 Å². The molecule has 23 heavy (non-hydrogen) atoms. The van der Waals surface area contributed by atoms with Crippen molar-refractivity contribution < 1.29 is 9.90 Å². The van der Waals surface area contributed by atoms with Crippen LogP contribution in [0.25, 0.3) is 0 Å². The van der Waals surface area contributed by atoms with Gasteiger partial charge in [0.1, 0.15) is 0 Å². The molecule has 0 saturated heterocycles. The Morgan fingerprint density at radius 3 is 2.96 bits per heavy atom. The standard InChI is InChI=1S/C14H18N6O3/c1-20-13(21)5-4-11(19-20)16-12-7-10(17-18-12)8-2-3-9(6-8)15-14(22)23/h4-5,7-9,15H,2-3,6H2,1H3,(H,22,23)(H2,16,17,18,19)/t8?,9-/m0/s1. The zero-order chi connectivity index (χ0) is 16.4. The Bertz CT molecular complexity index is 768. The minimum absolute atomic E-state index is 0.0116. The number of aryl methyl sites for hydroxylation is 1. The smallest absolute Gasteiger partial charge is 0.404 e. The van der Waals surface area contributed by atoms with E-state index in [9.17, 15) is 9.59 Å². The molecule has 0 bridgehead atoms. The maximum atomic E-state index is 11.3. The highest BCUT2D eigenvalue weighted by atomic mass is 16.4. The zero-order valence-electron chi connectivity index (χ0n) is 12.6. The molecule has 2 heterocycles. The van der Waals surface area contributed by atoms with Crippen LogP contribution in [-0.4, -0.2) is 37.2 Å². The zero-order valence-corrected chi connectivity index (χ0v) is 12.6. The molecule has 9 heteroatoms. The number of hydrogen-bond acceptors (Lipinski definition) is 5. The Morgan fingerprint density at radius 1 is 1.39 bits per heavy atom. The number of aromatic amines is 1. The number of nitrogens with one attached hydrogen (secondary N) is 3. The lowest BCUT2D eigenvalue weighted by molar-refractivity contribution is 0.190. The van der Waals surface area contributed by atoms with Crippen molar-refractivity contribution in [3.05, 3.63) is 34.2 Å². The number of rotatable bonds is 4. The Hall–Kier alpha value is -2.84. The molecule has 1 fully saturated rings. The number of hydrogen-bond donors (Lipinski definition) is 4. The van der Waals surface area contributed by atoms with Gasteiger partial charge in [-0.25, -0.2) is 9.48 Å². The van der Waals surface area contributed by atoms with Gasteiger partial charge in [0.15, 0.2) is 11.6 Å². The summed E-state index contributed by atoms with van der Waals surface area (Å²) < 4.78 is 1.25. The molecule has 4 N–H and O–H groups in total. The van der Waals surface area contributed by atoms with E-state index >= 15 is 0 Å². The van der Waals surface area contributed by atoms with Gasteiger partial charge >= 0.3 is 6.09 Å². The van der Waals surface area contributed by atoms with Crippen molar-refractivity contribution in [2.45, 2.75) is 31.2 Å². The summed E-state index contributed by atoms with van der Waals surface area (Å²) in [5, 5.41) is 25.6. The van der Waals surface area contributed by atoms with E-state index in [1.165, 1.54) is 10.7 Å². The van der Waals surface area contributed by atoms with Crippen molar-refractivity contribution in [1.82, 2.24) is 25.3 Å². The highest BCUT2D eigenvalue weighted by molar-refractivity contribution is 5.64. The second-order valence-electron chi connectivity index (χ2n) is 5.67. The van der Waals surface area contributed by atoms with Gasteiger partial charge in [-0.15, -0.1) is 0 Å². The van der Waals surface area contributed by atoms with E-state index in [2.05, 4.69) is 25.9 Å². The van der Waals surface area contributed by atoms with E-state index in [0.717, 1.165) is 25.0 Å². The van der Waals surface area contributed by atoms with Crippen LogP contribution in [0.4, 0.5) is 16.4 Å². The number of anilines is 2. The molecule has 0 radical (unpaired) electrons. The van der Waals surface area contributed by atoms with Crippen molar-refractivity contribution in [3.8, 4) is 0 Å². The van der Waals surface area contributed by atoms with Crippen molar-refractivity contribution >= 4 is 17.7 Å². The molecular formula is C14H18N6O3. The highest BCUT2D eigenvalue weighted by Crippen LogP contribution is 2.34. The van der Waals surface area contributed by atoms with E-state index in [1.807, 2.05) is 6.07 Å². The largest absolute Gasteiger partial charge is 0.465 e. The first-order valence-corrected chi connectivity index (χ1v) is 7.37. The molecule has 0 aliphatic heterocycles. The summed E-state index contributed by atoms with van der Waals surface area (Å²) in [6.45, 7) is 0. The second kappa shape index (κ2) is 6.11. The van der Waals surface area contributed by atoms with Crippen LogP contribution in [-0.2, 0) is 7.05 Å². The molecule has 2 atom stereocenters. The van der Waals surface area contributed by atoms with Crippen LogP contribution in [0, 0.1) is 0 Å². The predicted molar refractivity (Wildman–Crippen MR) is 82.9 cm³/mol. The van der Waals surface area contributed by atoms with Crippen molar-refractivity contribution in [3.63, 3.8) is 0 Å². The van der Waals surface area contributed by atoms with E-state index in [4.69, 9.17) is 5.11 Å². The monoisotopic (exact) mass is 318 g/mol. The molecule has 0 aromatic carbocycles. The van der Waals surface area contributed by atoms with Crippen LogP contribution >= 0.6 is 0 Å². The summed E-state index contributed by atoms with van der Waals surface area (Å²) in [6, 6.07) is 4.91. The molecule has 3 rings (SSSR count). The Labute approximate surface area is 131 Å². The Morgan fingerprint density at radius 2 is 2.22 bits per heavy atom. The third-order valence-corrected chi connectivity index (χ3v) is 4.01. The van der Waals surface area contributed by atoms with Crippen LogP contribution < -0.4 is 16.2 Å². The third kappa shape index (κ3) is 3.50. The lowest BCUT2D eigenvalue weighted by Crippen LogP contribution is -2.31. The van der Waals surface area contributed by atoms with Crippen LogP contribution in [0.5, 0.6) is 0 Å². The fourth-order valence-corrected chi connectivity index (χ4v) is 2.88. The van der Waals surface area contributed by atoms with E-state index < -0.39 is 6.09 Å². The quantitative estimate of drug-likeness (QED) is 0.670. The minimum Gasteiger partial charge on any atom is -0.465 e. The lowest BCUT2D eigenvalue weighted by atomic mass is 10.0. The third-order valence-electron chi connectivity index (χ3n) is 4.01. The van der Waals surface area contributed by atoms with Gasteiger partial charge in [0.05, 0.1) is 0 Å². The summed E-state index contributed by atoms with van der Waals surface area (Å²) in [5.41, 5.74) is 0.785. The average Bonchev–Trinajstić information content (AvgIpc) is 3.11. The fourth-order valence-electron chi connectivity index (χ4n) is 2.88. The van der Waals surface area contributed by atoms with Crippen LogP contribution in [0.1, 0.15) is 30.9 Å². The molecule has 1 aliphatic rings. The first kappa shape index (κ1) is 15.1. The number of aromatic nitrogens is 4. The summed E-state index contributed by atoms with van der Waals surface area (Å²) in [4.78, 5) is 22.0. The summed E-state index contributed by atoms with van der Waals surface area (Å²) >= 11 is 0. The number of amides is 1. The molecule has 1 amide bonds. The highest BCUT2D eigenvalue weighted by Gasteiger charge is 2.28. The molecule has 9 nitrogen and oxygen atoms in total. The maximum absolute atomic E-state index is 11.3. The Balaban J connectivity index is 1.65. The fraction of sp³-hybridized carbons (Fsp3) is 0.429. The van der Waals surface area contributed by atoms with E-state index in [-0.39, 0.29) is 17.5 Å². The van der Waals surface area contributed by atoms with Gasteiger partial charge in [0.25, 0.3) is 5.56 Å². The second-order valence-corrected chi connectivity index (χ2v) is 5.67. The SMILES string of the molecule is Cn1nc(Nc2cc(C3CC[C@H](NC(=O)O)C3)[nH]n2)ccc1=O. The molecule has 122 valence electrons. The van der Waals surface area contributed by atoms with Crippen molar-refractivity contribution in [2.24, 2.45) is 7.05 Å². The minimum atomic E-state index is -0.983. The van der Waals surface area contributed by atoms with Gasteiger partial charge in [-0.3, -0.25) is 9.89 Å². The number of H-pyrrole nitrogens is 1. The van der Waals surface area contributed by atoms with Crippen molar-refractivity contribution in [1.29, 1.82) is 0 Å². The van der Waals surface area contributed by atoms with Crippen LogP contribution in [0.15, 0.2) is 23.0 Å². The summed E-state index contributed by atoms with van der Waals surface area (Å²) in [6.07, 6.45) is 1.50. The lowest BCUT2D eigenvalue weighted by Gasteiger charge is -2.09. The van der Waals surface area contributed by atoms with Gasteiger partial charge in [-0.05, 0) is 25.3 Å². The normalized spacial score (nSPS) is 20.4. The molecular weight excluding hydrogens is 300 g/mol. The molecule has 0 spiro atoms.